The minimum atomic E-state index is -0.626. The zero-order chi connectivity index (χ0) is 13.1. The van der Waals surface area contributed by atoms with Gasteiger partial charge in [0.15, 0.2) is 5.78 Å². The number of Topliss-reactive ketones (excluding diaryl/α,β-unsaturated/α-hetero) is 1. The number of hydrogen-bond donors (Lipinski definition) is 0. The maximum atomic E-state index is 12.1. The topological polar surface area (TPSA) is 43.4 Å². The van der Waals surface area contributed by atoms with Crippen LogP contribution < -0.4 is 0 Å². The number of hydrogen-bond acceptors (Lipinski definition) is 3. The molecular formula is C15H18O3. The maximum Gasteiger partial charge on any atom is 0.317 e. The molecule has 2 rings (SSSR count). The van der Waals surface area contributed by atoms with Gasteiger partial charge in [-0.05, 0) is 25.3 Å². The lowest BCUT2D eigenvalue weighted by Crippen LogP contribution is -2.23. The molecule has 0 heterocycles. The number of benzene rings is 1. The predicted octanol–water partition coefficient (Wildman–Crippen LogP) is 2.69. The molecule has 1 aromatic rings. The largest absolute Gasteiger partial charge is 0.465 e. The standard InChI is InChI=1S/C15H18O3/c1-3-4-7-18-15(17)13-9-11-8-10(2)5-6-12(11)14(13)16/h5-6,8,13H,3-4,7,9H2,1-2H3. The third kappa shape index (κ3) is 2.45. The smallest absolute Gasteiger partial charge is 0.317 e. The molecule has 0 bridgehead atoms. The van der Waals surface area contributed by atoms with Gasteiger partial charge in [0.1, 0.15) is 5.92 Å². The van der Waals surface area contributed by atoms with Gasteiger partial charge < -0.3 is 4.74 Å². The number of carbonyl (C=O) groups excluding carboxylic acids is 2. The second-order valence-corrected chi connectivity index (χ2v) is 4.80. The molecule has 1 aromatic carbocycles. The Bertz CT molecular complexity index is 477. The van der Waals surface area contributed by atoms with E-state index in [2.05, 4.69) is 0 Å². The van der Waals surface area contributed by atoms with Gasteiger partial charge in [-0.3, -0.25) is 9.59 Å². The number of rotatable bonds is 4. The van der Waals surface area contributed by atoms with Gasteiger partial charge in [-0.15, -0.1) is 0 Å². The highest BCUT2D eigenvalue weighted by molar-refractivity contribution is 6.12. The van der Waals surface area contributed by atoms with E-state index in [0.717, 1.165) is 24.0 Å². The normalized spacial score (nSPS) is 17.7. The van der Waals surface area contributed by atoms with E-state index in [1.54, 1.807) is 0 Å². The molecule has 96 valence electrons. The first-order valence-corrected chi connectivity index (χ1v) is 6.44. The molecule has 0 spiro atoms. The minimum absolute atomic E-state index is 0.0912. The van der Waals surface area contributed by atoms with Gasteiger partial charge in [0.2, 0.25) is 0 Å². The number of esters is 1. The molecule has 3 nitrogen and oxygen atoms in total. The summed E-state index contributed by atoms with van der Waals surface area (Å²) in [5, 5.41) is 0. The Hall–Kier alpha value is -1.64. The summed E-state index contributed by atoms with van der Waals surface area (Å²) in [4.78, 5) is 23.9. The summed E-state index contributed by atoms with van der Waals surface area (Å²) in [5.41, 5.74) is 2.76. The lowest BCUT2D eigenvalue weighted by atomic mass is 10.1. The van der Waals surface area contributed by atoms with Gasteiger partial charge in [-0.25, -0.2) is 0 Å². The quantitative estimate of drug-likeness (QED) is 0.466. The van der Waals surface area contributed by atoms with Crippen molar-refractivity contribution in [2.45, 2.75) is 33.1 Å². The van der Waals surface area contributed by atoms with Crippen molar-refractivity contribution in [1.29, 1.82) is 0 Å². The third-order valence-corrected chi connectivity index (χ3v) is 3.29. The van der Waals surface area contributed by atoms with Crippen molar-refractivity contribution in [3.63, 3.8) is 0 Å². The van der Waals surface area contributed by atoms with Gasteiger partial charge in [-0.1, -0.05) is 37.1 Å². The Kier molecular flexibility index (Phi) is 3.80. The molecule has 18 heavy (non-hydrogen) atoms. The van der Waals surface area contributed by atoms with Crippen LogP contribution >= 0.6 is 0 Å². The lowest BCUT2D eigenvalue weighted by Gasteiger charge is -2.07. The van der Waals surface area contributed by atoms with E-state index in [9.17, 15) is 9.59 Å². The molecule has 0 fully saturated rings. The fourth-order valence-corrected chi connectivity index (χ4v) is 2.24. The van der Waals surface area contributed by atoms with Crippen LogP contribution in [0.4, 0.5) is 0 Å². The van der Waals surface area contributed by atoms with Crippen LogP contribution in [0.2, 0.25) is 0 Å². The Morgan fingerprint density at radius 3 is 2.94 bits per heavy atom. The van der Waals surface area contributed by atoms with Crippen molar-refractivity contribution in [3.05, 3.63) is 34.9 Å². The van der Waals surface area contributed by atoms with Crippen LogP contribution in [0.3, 0.4) is 0 Å². The van der Waals surface area contributed by atoms with Crippen molar-refractivity contribution in [1.82, 2.24) is 0 Å². The van der Waals surface area contributed by atoms with Crippen molar-refractivity contribution in [2.75, 3.05) is 6.61 Å². The van der Waals surface area contributed by atoms with Gasteiger partial charge in [-0.2, -0.15) is 0 Å². The summed E-state index contributed by atoms with van der Waals surface area (Å²) in [6.07, 6.45) is 2.31. The molecule has 1 aliphatic carbocycles. The van der Waals surface area contributed by atoms with E-state index < -0.39 is 5.92 Å². The monoisotopic (exact) mass is 246 g/mol. The van der Waals surface area contributed by atoms with Gasteiger partial charge in [0.05, 0.1) is 6.61 Å². The number of ether oxygens (including phenoxy) is 1. The third-order valence-electron chi connectivity index (χ3n) is 3.29. The molecule has 1 unspecified atom stereocenters. The second-order valence-electron chi connectivity index (χ2n) is 4.80. The van der Waals surface area contributed by atoms with Crippen LogP contribution in [-0.2, 0) is 16.0 Å². The van der Waals surface area contributed by atoms with Gasteiger partial charge in [0.25, 0.3) is 0 Å². The van der Waals surface area contributed by atoms with Crippen LogP contribution in [0.1, 0.15) is 41.3 Å². The predicted molar refractivity (Wildman–Crippen MR) is 68.6 cm³/mol. The van der Waals surface area contributed by atoms with Crippen molar-refractivity contribution >= 4 is 11.8 Å². The van der Waals surface area contributed by atoms with E-state index in [1.165, 1.54) is 0 Å². The van der Waals surface area contributed by atoms with E-state index in [1.807, 2.05) is 32.0 Å². The van der Waals surface area contributed by atoms with E-state index in [-0.39, 0.29) is 11.8 Å². The molecule has 1 aliphatic rings. The Morgan fingerprint density at radius 2 is 2.22 bits per heavy atom. The molecule has 0 aliphatic heterocycles. The van der Waals surface area contributed by atoms with Crippen LogP contribution in [0.15, 0.2) is 18.2 Å². The highest BCUT2D eigenvalue weighted by atomic mass is 16.5. The SMILES string of the molecule is CCCCOC(=O)C1Cc2cc(C)ccc2C1=O. The molecule has 0 saturated heterocycles. The van der Waals surface area contributed by atoms with Crippen LogP contribution in [0.25, 0.3) is 0 Å². The van der Waals surface area contributed by atoms with E-state index in [0.29, 0.717) is 18.6 Å². The molecule has 3 heteroatoms. The summed E-state index contributed by atoms with van der Waals surface area (Å²) in [7, 11) is 0. The fraction of sp³-hybridized carbons (Fsp3) is 0.467. The second kappa shape index (κ2) is 5.34. The molecule has 0 N–H and O–H groups in total. The van der Waals surface area contributed by atoms with Crippen molar-refractivity contribution in [3.8, 4) is 0 Å². The van der Waals surface area contributed by atoms with Crippen LogP contribution in [0, 0.1) is 12.8 Å². The summed E-state index contributed by atoms with van der Waals surface area (Å²) < 4.78 is 5.14. The van der Waals surface area contributed by atoms with Gasteiger partial charge in [0, 0.05) is 5.56 Å². The van der Waals surface area contributed by atoms with Gasteiger partial charge >= 0.3 is 5.97 Å². The summed E-state index contributed by atoms with van der Waals surface area (Å²) in [5.74, 6) is -1.09. The molecule has 0 radical (unpaired) electrons. The first kappa shape index (κ1) is 12.8. The maximum absolute atomic E-state index is 12.1. The van der Waals surface area contributed by atoms with Crippen LogP contribution in [-0.4, -0.2) is 18.4 Å². The first-order chi connectivity index (χ1) is 8.63. The number of fused-ring (bicyclic) bond motifs is 1. The number of unbranched alkanes of at least 4 members (excludes halogenated alkanes) is 1. The summed E-state index contributed by atoms with van der Waals surface area (Å²) in [6, 6.07) is 5.69. The molecule has 0 saturated carbocycles. The minimum Gasteiger partial charge on any atom is -0.465 e. The van der Waals surface area contributed by atoms with Crippen molar-refractivity contribution < 1.29 is 14.3 Å². The summed E-state index contributed by atoms with van der Waals surface area (Å²) in [6.45, 7) is 4.43. The molecular weight excluding hydrogens is 228 g/mol. The zero-order valence-corrected chi connectivity index (χ0v) is 10.9. The Morgan fingerprint density at radius 1 is 1.44 bits per heavy atom. The number of ketones is 1. The average molecular weight is 246 g/mol. The Balaban J connectivity index is 2.06. The molecule has 0 aromatic heterocycles. The average Bonchev–Trinajstić information content (AvgIpc) is 2.66. The molecule has 1 atom stereocenters. The highest BCUT2D eigenvalue weighted by Gasteiger charge is 2.36. The highest BCUT2D eigenvalue weighted by Crippen LogP contribution is 2.28. The summed E-state index contributed by atoms with van der Waals surface area (Å²) >= 11 is 0. The molecule has 0 amide bonds. The number of carbonyl (C=O) groups is 2. The first-order valence-electron chi connectivity index (χ1n) is 6.44. The van der Waals surface area contributed by atoms with Crippen LogP contribution in [0.5, 0.6) is 0 Å². The zero-order valence-electron chi connectivity index (χ0n) is 10.9. The van der Waals surface area contributed by atoms with Crippen molar-refractivity contribution in [2.24, 2.45) is 5.92 Å². The van der Waals surface area contributed by atoms with E-state index in [4.69, 9.17) is 4.74 Å². The van der Waals surface area contributed by atoms with E-state index >= 15 is 0 Å². The lowest BCUT2D eigenvalue weighted by molar-refractivity contribution is -0.146. The fourth-order valence-electron chi connectivity index (χ4n) is 2.24. The Labute approximate surface area is 107 Å². The number of aryl methyl sites for hydroxylation is 1.